The molecule has 0 amide bonds. The molecule has 0 saturated carbocycles. The quantitative estimate of drug-likeness (QED) is 0.714. The Bertz CT molecular complexity index is 801. The van der Waals surface area contributed by atoms with Crippen LogP contribution in [0.2, 0.25) is 0 Å². The van der Waals surface area contributed by atoms with Crippen LogP contribution in [0.5, 0.6) is 0 Å². The number of hydrogen-bond donors (Lipinski definition) is 3. The predicted molar refractivity (Wildman–Crippen MR) is 100 cm³/mol. The van der Waals surface area contributed by atoms with Crippen LogP contribution in [0.1, 0.15) is 23.1 Å². The molecule has 3 rings (SSSR count). The number of carbonyl (C=O) groups is 1. The van der Waals surface area contributed by atoms with Gasteiger partial charge in [-0.2, -0.15) is 13.2 Å². The molecule has 0 bridgehead atoms. The molecule has 0 aliphatic carbocycles. The van der Waals surface area contributed by atoms with Crippen molar-refractivity contribution in [2.24, 2.45) is 11.5 Å². The molecule has 0 fully saturated rings. The Balaban J connectivity index is 0.000000321. The zero-order valence-corrected chi connectivity index (χ0v) is 15.1. The molecule has 4 nitrogen and oxygen atoms in total. The second kappa shape index (κ2) is 8.96. The monoisotopic (exact) mass is 396 g/mol. The number of carboxylic acids is 1. The van der Waals surface area contributed by atoms with Gasteiger partial charge in [-0.1, -0.05) is 42.5 Å². The molecule has 0 spiro atoms. The summed E-state index contributed by atoms with van der Waals surface area (Å²) in [4.78, 5) is 10.2. The summed E-state index contributed by atoms with van der Waals surface area (Å²) in [6.45, 7) is 0.576. The Kier molecular flexibility index (Phi) is 6.92. The van der Waals surface area contributed by atoms with E-state index >= 15 is 0 Å². The van der Waals surface area contributed by atoms with Crippen molar-refractivity contribution in [2.45, 2.75) is 23.2 Å². The highest BCUT2D eigenvalue weighted by Crippen LogP contribution is 2.40. The summed E-state index contributed by atoms with van der Waals surface area (Å²) in [5.74, 6) is -1.78. The van der Waals surface area contributed by atoms with E-state index in [1.165, 1.54) is 21.6 Å². The van der Waals surface area contributed by atoms with Crippen molar-refractivity contribution in [3.8, 4) is 0 Å². The normalized spacial score (nSPS) is 14.8. The van der Waals surface area contributed by atoms with Crippen LogP contribution in [-0.4, -0.2) is 23.8 Å². The van der Waals surface area contributed by atoms with Crippen LogP contribution >= 0.6 is 11.8 Å². The SMILES string of the molecule is NCCC(N)=C1c2ccccc2CSc2ccccc21.O=C(O)C(F)(F)F. The lowest BCUT2D eigenvalue weighted by atomic mass is 9.92. The maximum Gasteiger partial charge on any atom is 0.490 e. The maximum absolute atomic E-state index is 10.6. The predicted octanol–water partition coefficient (Wildman–Crippen LogP) is 3.99. The smallest absolute Gasteiger partial charge is 0.475 e. The average molecular weight is 396 g/mol. The fourth-order valence-electron chi connectivity index (χ4n) is 2.62. The van der Waals surface area contributed by atoms with Gasteiger partial charge in [0.05, 0.1) is 0 Å². The molecule has 0 radical (unpaired) electrons. The van der Waals surface area contributed by atoms with Gasteiger partial charge in [0.2, 0.25) is 0 Å². The zero-order chi connectivity index (χ0) is 20.0. The first-order valence-electron chi connectivity index (χ1n) is 8.05. The van der Waals surface area contributed by atoms with Crippen LogP contribution in [0.15, 0.2) is 59.1 Å². The van der Waals surface area contributed by atoms with Gasteiger partial charge in [0.15, 0.2) is 0 Å². The van der Waals surface area contributed by atoms with Crippen LogP contribution < -0.4 is 11.5 Å². The van der Waals surface area contributed by atoms with E-state index in [0.29, 0.717) is 6.54 Å². The van der Waals surface area contributed by atoms with Crippen LogP contribution in [0.3, 0.4) is 0 Å². The molecule has 0 saturated heterocycles. The number of thioether (sulfide) groups is 1. The maximum atomic E-state index is 10.6. The molecule has 144 valence electrons. The van der Waals surface area contributed by atoms with Crippen LogP contribution in [-0.2, 0) is 10.5 Å². The van der Waals surface area contributed by atoms with E-state index in [9.17, 15) is 13.2 Å². The molecule has 2 aromatic carbocycles. The average Bonchev–Trinajstić information content (AvgIpc) is 2.78. The molecule has 0 unspecified atom stereocenters. The lowest BCUT2D eigenvalue weighted by Crippen LogP contribution is -2.21. The Labute approximate surface area is 159 Å². The van der Waals surface area contributed by atoms with Crippen molar-refractivity contribution < 1.29 is 23.1 Å². The molecule has 27 heavy (non-hydrogen) atoms. The van der Waals surface area contributed by atoms with E-state index in [4.69, 9.17) is 21.4 Å². The van der Waals surface area contributed by atoms with Crippen molar-refractivity contribution in [1.82, 2.24) is 0 Å². The number of carboxylic acid groups (broad SMARTS) is 1. The molecule has 8 heteroatoms. The lowest BCUT2D eigenvalue weighted by molar-refractivity contribution is -0.192. The summed E-state index contributed by atoms with van der Waals surface area (Å²) in [7, 11) is 0. The van der Waals surface area contributed by atoms with E-state index in [1.54, 1.807) is 0 Å². The van der Waals surface area contributed by atoms with Crippen LogP contribution in [0.25, 0.3) is 5.57 Å². The number of hydrogen-bond acceptors (Lipinski definition) is 4. The van der Waals surface area contributed by atoms with Gasteiger partial charge in [-0.15, -0.1) is 11.8 Å². The summed E-state index contributed by atoms with van der Waals surface area (Å²) >= 11 is 1.87. The number of aliphatic carboxylic acids is 1. The number of benzene rings is 2. The lowest BCUT2D eigenvalue weighted by Gasteiger charge is -2.14. The zero-order valence-electron chi connectivity index (χ0n) is 14.3. The highest BCUT2D eigenvalue weighted by Gasteiger charge is 2.38. The van der Waals surface area contributed by atoms with Gasteiger partial charge in [0.25, 0.3) is 0 Å². The molecular weight excluding hydrogens is 377 g/mol. The Morgan fingerprint density at radius 1 is 1.07 bits per heavy atom. The van der Waals surface area contributed by atoms with Gasteiger partial charge in [-0.3, -0.25) is 0 Å². The summed E-state index contributed by atoms with van der Waals surface area (Å²) in [5.41, 5.74) is 17.9. The van der Waals surface area contributed by atoms with Crippen molar-refractivity contribution in [3.05, 3.63) is 70.9 Å². The fraction of sp³-hybridized carbons (Fsp3) is 0.211. The number of alkyl halides is 3. The van der Waals surface area contributed by atoms with Gasteiger partial charge in [-0.05, 0) is 35.7 Å². The van der Waals surface area contributed by atoms with E-state index in [2.05, 4.69) is 48.5 Å². The minimum atomic E-state index is -5.08. The van der Waals surface area contributed by atoms with Crippen LogP contribution in [0, 0.1) is 0 Å². The van der Waals surface area contributed by atoms with E-state index in [-0.39, 0.29) is 0 Å². The Hall–Kier alpha value is -2.45. The number of fused-ring (bicyclic) bond motifs is 2. The molecule has 5 N–H and O–H groups in total. The highest BCUT2D eigenvalue weighted by atomic mass is 32.2. The Morgan fingerprint density at radius 3 is 2.22 bits per heavy atom. The third-order valence-electron chi connectivity index (χ3n) is 3.80. The molecule has 1 aliphatic heterocycles. The first-order chi connectivity index (χ1) is 12.8. The summed E-state index contributed by atoms with van der Waals surface area (Å²) in [6, 6.07) is 17.0. The minimum Gasteiger partial charge on any atom is -0.475 e. The van der Waals surface area contributed by atoms with Crippen LogP contribution in [0.4, 0.5) is 13.2 Å². The standard InChI is InChI=1S/C17H18N2S.C2HF3O2/c18-10-9-15(19)17-13-6-2-1-5-12(13)11-20-16-8-4-3-7-14(16)17;3-2(4,5)1(6)7/h1-8H,9-11,18-19H2;(H,6,7). The molecule has 1 heterocycles. The van der Waals surface area contributed by atoms with E-state index < -0.39 is 12.1 Å². The molecule has 2 aromatic rings. The second-order valence-corrected chi connectivity index (χ2v) is 6.70. The third-order valence-corrected chi connectivity index (χ3v) is 4.93. The second-order valence-electron chi connectivity index (χ2n) is 5.68. The van der Waals surface area contributed by atoms with Gasteiger partial charge in [0.1, 0.15) is 0 Å². The highest BCUT2D eigenvalue weighted by molar-refractivity contribution is 7.98. The van der Waals surface area contributed by atoms with Crippen molar-refractivity contribution >= 4 is 23.3 Å². The third kappa shape index (κ3) is 5.27. The summed E-state index contributed by atoms with van der Waals surface area (Å²) in [5, 5.41) is 7.12. The Morgan fingerprint density at radius 2 is 1.63 bits per heavy atom. The van der Waals surface area contributed by atoms with Gasteiger partial charge in [-0.25, -0.2) is 4.79 Å². The molecule has 0 atom stereocenters. The number of nitrogens with two attached hydrogens (primary N) is 2. The van der Waals surface area contributed by atoms with Gasteiger partial charge < -0.3 is 16.6 Å². The van der Waals surface area contributed by atoms with Gasteiger partial charge in [0, 0.05) is 21.9 Å². The van der Waals surface area contributed by atoms with E-state index in [0.717, 1.165) is 23.4 Å². The largest absolute Gasteiger partial charge is 0.490 e. The molecule has 0 aromatic heterocycles. The summed E-state index contributed by atoms with van der Waals surface area (Å²) < 4.78 is 31.7. The van der Waals surface area contributed by atoms with E-state index in [1.807, 2.05) is 11.8 Å². The molecule has 1 aliphatic rings. The first-order valence-corrected chi connectivity index (χ1v) is 9.03. The van der Waals surface area contributed by atoms with Crippen molar-refractivity contribution in [1.29, 1.82) is 0 Å². The topological polar surface area (TPSA) is 89.3 Å². The fourth-order valence-corrected chi connectivity index (χ4v) is 3.68. The van der Waals surface area contributed by atoms with Crippen molar-refractivity contribution in [2.75, 3.05) is 6.54 Å². The van der Waals surface area contributed by atoms with Crippen molar-refractivity contribution in [3.63, 3.8) is 0 Å². The first kappa shape index (κ1) is 20.9. The minimum absolute atomic E-state index is 0.576. The summed E-state index contributed by atoms with van der Waals surface area (Å²) in [6.07, 6.45) is -4.36. The van der Waals surface area contributed by atoms with Gasteiger partial charge >= 0.3 is 12.1 Å². The molecular formula is C19H19F3N2O2S. The number of rotatable bonds is 2. The number of halogens is 3.